The fourth-order valence-electron chi connectivity index (χ4n) is 1.63. The van der Waals surface area contributed by atoms with Gasteiger partial charge in [0.25, 0.3) is 0 Å². The van der Waals surface area contributed by atoms with Crippen LogP contribution in [0.25, 0.3) is 0 Å². The van der Waals surface area contributed by atoms with E-state index < -0.39 is 0 Å². The SMILES string of the molecule is C.C.Cl.Cl.N=C(N)Sc1ccc(OCOc2ccc(SC(=N)N)cc2)cc1. The van der Waals surface area contributed by atoms with Crippen molar-refractivity contribution in [2.75, 3.05) is 6.79 Å². The van der Waals surface area contributed by atoms with E-state index in [1.165, 1.54) is 23.5 Å². The van der Waals surface area contributed by atoms with Crippen molar-refractivity contribution in [1.29, 1.82) is 10.8 Å². The zero-order chi connectivity index (χ0) is 16.7. The molecule has 10 heteroatoms. The van der Waals surface area contributed by atoms with E-state index in [-0.39, 0.29) is 56.8 Å². The van der Waals surface area contributed by atoms with Gasteiger partial charge in [0.2, 0.25) is 6.79 Å². The first-order valence-electron chi connectivity index (χ1n) is 6.52. The van der Waals surface area contributed by atoms with Gasteiger partial charge >= 0.3 is 0 Å². The molecule has 0 bridgehead atoms. The maximum Gasteiger partial charge on any atom is 0.230 e. The highest BCUT2D eigenvalue weighted by atomic mass is 35.5. The molecule has 6 nitrogen and oxygen atoms in total. The second-order valence-corrected chi connectivity index (χ2v) is 6.51. The number of benzene rings is 2. The first-order chi connectivity index (χ1) is 11.0. The lowest BCUT2D eigenvalue weighted by Gasteiger charge is -2.09. The zero-order valence-corrected chi connectivity index (χ0v) is 16.2. The van der Waals surface area contributed by atoms with Gasteiger partial charge in [0.1, 0.15) is 11.5 Å². The van der Waals surface area contributed by atoms with E-state index >= 15 is 0 Å². The summed E-state index contributed by atoms with van der Waals surface area (Å²) in [6.07, 6.45) is 0. The van der Waals surface area contributed by atoms with Crippen LogP contribution >= 0.6 is 48.3 Å². The van der Waals surface area contributed by atoms with Crippen molar-refractivity contribution in [3.05, 3.63) is 48.5 Å². The molecule has 2 rings (SSSR count). The van der Waals surface area contributed by atoms with Crippen LogP contribution in [0.2, 0.25) is 0 Å². The molecule has 0 spiro atoms. The molecule has 0 aliphatic rings. The molecule has 0 unspecified atom stereocenters. The Balaban J connectivity index is -0.00000144. The van der Waals surface area contributed by atoms with Gasteiger partial charge in [0.15, 0.2) is 10.3 Å². The van der Waals surface area contributed by atoms with E-state index in [4.69, 9.17) is 31.8 Å². The monoisotopic (exact) mass is 452 g/mol. The molecule has 27 heavy (non-hydrogen) atoms. The Morgan fingerprint density at radius 1 is 0.704 bits per heavy atom. The van der Waals surface area contributed by atoms with Crippen LogP contribution in [-0.4, -0.2) is 17.1 Å². The number of thioether (sulfide) groups is 2. The highest BCUT2D eigenvalue weighted by Gasteiger charge is 2.00. The zero-order valence-electron chi connectivity index (χ0n) is 12.9. The van der Waals surface area contributed by atoms with E-state index in [1.807, 2.05) is 24.3 Å². The lowest BCUT2D eigenvalue weighted by atomic mass is 10.3. The van der Waals surface area contributed by atoms with Crippen molar-refractivity contribution < 1.29 is 9.47 Å². The summed E-state index contributed by atoms with van der Waals surface area (Å²) < 4.78 is 11.0. The highest BCUT2D eigenvalue weighted by molar-refractivity contribution is 8.14. The molecule has 0 heterocycles. The molecule has 2 aromatic carbocycles. The van der Waals surface area contributed by atoms with E-state index in [2.05, 4.69) is 0 Å². The van der Waals surface area contributed by atoms with Crippen molar-refractivity contribution >= 4 is 58.7 Å². The largest absolute Gasteiger partial charge is 0.458 e. The molecule has 0 amide bonds. The Hall–Kier alpha value is -1.74. The van der Waals surface area contributed by atoms with Crippen molar-refractivity contribution in [2.45, 2.75) is 24.6 Å². The number of hydrogen-bond acceptors (Lipinski definition) is 6. The van der Waals surface area contributed by atoms with Gasteiger partial charge in [0, 0.05) is 9.79 Å². The molecular formula is C17H26Cl2N4O2S2. The molecule has 0 aliphatic heterocycles. The van der Waals surface area contributed by atoms with Crippen molar-refractivity contribution in [2.24, 2.45) is 11.5 Å². The topological polar surface area (TPSA) is 118 Å². The van der Waals surface area contributed by atoms with Crippen molar-refractivity contribution in [3.8, 4) is 11.5 Å². The minimum atomic E-state index is 0. The number of nitrogens with one attached hydrogen (secondary N) is 2. The molecule has 0 atom stereocenters. The summed E-state index contributed by atoms with van der Waals surface area (Å²) in [5.74, 6) is 1.34. The summed E-state index contributed by atoms with van der Waals surface area (Å²) >= 11 is 2.36. The Bertz CT molecular complexity index is 627. The summed E-state index contributed by atoms with van der Waals surface area (Å²) in [6, 6.07) is 14.5. The maximum atomic E-state index is 7.21. The molecule has 152 valence electrons. The van der Waals surface area contributed by atoms with Gasteiger partial charge in [0.05, 0.1) is 0 Å². The first-order valence-corrected chi connectivity index (χ1v) is 8.16. The van der Waals surface area contributed by atoms with Gasteiger partial charge in [-0.3, -0.25) is 10.8 Å². The number of nitrogens with two attached hydrogens (primary N) is 2. The average Bonchev–Trinajstić information content (AvgIpc) is 2.50. The molecule has 6 N–H and O–H groups in total. The summed E-state index contributed by atoms with van der Waals surface area (Å²) in [7, 11) is 0. The normalized spacial score (nSPS) is 8.59. The van der Waals surface area contributed by atoms with Gasteiger partial charge in [-0.15, -0.1) is 24.8 Å². The number of halogens is 2. The number of amidine groups is 2. The predicted octanol–water partition coefficient (Wildman–Crippen LogP) is 5.19. The van der Waals surface area contributed by atoms with Crippen molar-refractivity contribution in [1.82, 2.24) is 0 Å². The molecule has 0 saturated heterocycles. The molecule has 0 saturated carbocycles. The summed E-state index contributed by atoms with van der Waals surface area (Å²) in [5.41, 5.74) is 10.6. The standard InChI is InChI=1S/C15H16N4O2S2.2CH4.2ClH/c16-14(17)22-12-5-1-10(2-6-12)20-9-21-11-3-7-13(8-4-11)23-15(18)19;;;;/h1-8H,9H2,(H3,16,17)(H3,18,19);2*1H4;2*1H. The average molecular weight is 453 g/mol. The van der Waals surface area contributed by atoms with Gasteiger partial charge in [-0.05, 0) is 48.5 Å². The number of ether oxygens (including phenoxy) is 2. The molecule has 2 aromatic rings. The van der Waals surface area contributed by atoms with Gasteiger partial charge in [-0.1, -0.05) is 38.4 Å². The minimum Gasteiger partial charge on any atom is -0.458 e. The third kappa shape index (κ3) is 11.6. The Morgan fingerprint density at radius 2 is 1.00 bits per heavy atom. The fourth-order valence-corrected chi connectivity index (χ4v) is 2.68. The van der Waals surface area contributed by atoms with Crippen LogP contribution in [0.5, 0.6) is 11.5 Å². The van der Waals surface area contributed by atoms with Crippen molar-refractivity contribution in [3.63, 3.8) is 0 Å². The van der Waals surface area contributed by atoms with Crippen LogP contribution in [0, 0.1) is 10.8 Å². The molecule has 0 aliphatic carbocycles. The third-order valence-electron chi connectivity index (χ3n) is 2.55. The van der Waals surface area contributed by atoms with E-state index in [0.29, 0.717) is 11.5 Å². The van der Waals surface area contributed by atoms with E-state index in [9.17, 15) is 0 Å². The first kappa shape index (κ1) is 30.0. The van der Waals surface area contributed by atoms with Crippen LogP contribution in [0.3, 0.4) is 0 Å². The second kappa shape index (κ2) is 15.3. The van der Waals surface area contributed by atoms with E-state index in [0.717, 1.165) is 9.79 Å². The summed E-state index contributed by atoms with van der Waals surface area (Å²) in [5, 5.41) is 14.5. The van der Waals surface area contributed by atoms with Crippen LogP contribution in [0.1, 0.15) is 14.9 Å². The lowest BCUT2D eigenvalue weighted by Crippen LogP contribution is -2.06. The predicted molar refractivity (Wildman–Crippen MR) is 123 cm³/mol. The molecule has 0 aromatic heterocycles. The third-order valence-corrected chi connectivity index (χ3v) is 4.01. The van der Waals surface area contributed by atoms with Gasteiger partial charge in [-0.2, -0.15) is 0 Å². The Labute approximate surface area is 181 Å². The van der Waals surface area contributed by atoms with Crippen LogP contribution in [0.15, 0.2) is 58.3 Å². The van der Waals surface area contributed by atoms with Crippen LogP contribution < -0.4 is 20.9 Å². The maximum absolute atomic E-state index is 7.21. The quantitative estimate of drug-likeness (QED) is 0.207. The molecule has 0 fully saturated rings. The van der Waals surface area contributed by atoms with Gasteiger partial charge < -0.3 is 20.9 Å². The number of rotatable bonds is 6. The summed E-state index contributed by atoms with van der Waals surface area (Å²) in [6.45, 7) is 0.0817. The fraction of sp³-hybridized carbons (Fsp3) is 0.176. The smallest absolute Gasteiger partial charge is 0.230 e. The van der Waals surface area contributed by atoms with Gasteiger partial charge in [-0.25, -0.2) is 0 Å². The second-order valence-electron chi connectivity index (χ2n) is 4.28. The van der Waals surface area contributed by atoms with Crippen LogP contribution in [-0.2, 0) is 0 Å². The van der Waals surface area contributed by atoms with E-state index in [1.54, 1.807) is 24.3 Å². The lowest BCUT2D eigenvalue weighted by molar-refractivity contribution is 0.120. The molecular weight excluding hydrogens is 427 g/mol. The summed E-state index contributed by atoms with van der Waals surface area (Å²) in [4.78, 5) is 1.76. The van der Waals surface area contributed by atoms with Crippen LogP contribution in [0.4, 0.5) is 0 Å². The Kier molecular flexibility index (Phi) is 17.0. The Morgan fingerprint density at radius 3 is 1.26 bits per heavy atom. The highest BCUT2D eigenvalue weighted by Crippen LogP contribution is 2.22. The minimum absolute atomic E-state index is 0. The molecule has 0 radical (unpaired) electrons. The number of hydrogen-bond donors (Lipinski definition) is 4.